The summed E-state index contributed by atoms with van der Waals surface area (Å²) in [5.74, 6) is -3.13. The van der Waals surface area contributed by atoms with Crippen LogP contribution in [-0.2, 0) is 7.05 Å². The maximum absolute atomic E-state index is 13.2. The van der Waals surface area contributed by atoms with Crippen LogP contribution < -0.4 is 10.9 Å². The lowest BCUT2D eigenvalue weighted by Crippen LogP contribution is -2.27. The summed E-state index contributed by atoms with van der Waals surface area (Å²) in [6.07, 6.45) is 0. The molecule has 0 atom stereocenters. The van der Waals surface area contributed by atoms with Gasteiger partial charge in [-0.25, -0.2) is 8.78 Å². The van der Waals surface area contributed by atoms with Crippen LogP contribution >= 0.6 is 11.3 Å². The molecule has 0 spiro atoms. The van der Waals surface area contributed by atoms with Crippen molar-refractivity contribution in [2.75, 3.05) is 5.32 Å². The van der Waals surface area contributed by atoms with E-state index < -0.39 is 34.4 Å². The van der Waals surface area contributed by atoms with Crippen molar-refractivity contribution in [1.82, 2.24) is 4.57 Å². The second kappa shape index (κ2) is 5.47. The van der Waals surface area contributed by atoms with Crippen molar-refractivity contribution in [3.05, 3.63) is 57.2 Å². The average molecular weight is 336 g/mol. The monoisotopic (exact) mass is 336 g/mol. The summed E-state index contributed by atoms with van der Waals surface area (Å²) in [5, 5.41) is 14.1. The number of rotatable bonds is 2. The van der Waals surface area contributed by atoms with Crippen LogP contribution in [0.1, 0.15) is 10.4 Å². The van der Waals surface area contributed by atoms with E-state index in [9.17, 15) is 23.5 Å². The molecule has 0 fully saturated rings. The summed E-state index contributed by atoms with van der Waals surface area (Å²) in [6.45, 7) is 0. The van der Waals surface area contributed by atoms with Crippen LogP contribution in [0.2, 0.25) is 0 Å². The Balaban J connectivity index is 2.09. The molecule has 0 aliphatic heterocycles. The van der Waals surface area contributed by atoms with Crippen molar-refractivity contribution in [3.63, 3.8) is 0 Å². The molecule has 0 saturated carbocycles. The molecule has 2 aromatic heterocycles. The van der Waals surface area contributed by atoms with Crippen LogP contribution in [0.25, 0.3) is 10.2 Å². The fourth-order valence-corrected chi connectivity index (χ4v) is 3.13. The molecule has 5 nitrogen and oxygen atoms in total. The van der Waals surface area contributed by atoms with Gasteiger partial charge in [-0.15, -0.1) is 11.3 Å². The maximum atomic E-state index is 13.2. The number of aryl methyl sites for hydroxylation is 1. The molecular formula is C15H10F2N2O3S. The molecule has 118 valence electrons. The Morgan fingerprint density at radius 2 is 1.91 bits per heavy atom. The number of hydrogen-bond donors (Lipinski definition) is 2. The summed E-state index contributed by atoms with van der Waals surface area (Å²) in [4.78, 5) is 24.5. The third-order valence-electron chi connectivity index (χ3n) is 3.32. The van der Waals surface area contributed by atoms with Crippen LogP contribution in [0.3, 0.4) is 0 Å². The molecule has 0 bridgehead atoms. The third kappa shape index (κ3) is 2.57. The van der Waals surface area contributed by atoms with E-state index in [4.69, 9.17) is 0 Å². The van der Waals surface area contributed by atoms with E-state index in [-0.39, 0.29) is 5.69 Å². The number of anilines is 1. The molecule has 2 N–H and O–H groups in total. The minimum absolute atomic E-state index is 0.153. The first kappa shape index (κ1) is 15.2. The first-order chi connectivity index (χ1) is 10.9. The average Bonchev–Trinajstić information content (AvgIpc) is 2.93. The number of thiophene rings is 1. The number of pyridine rings is 1. The van der Waals surface area contributed by atoms with Crippen LogP contribution in [0.4, 0.5) is 14.5 Å². The Labute approximate surface area is 132 Å². The van der Waals surface area contributed by atoms with Crippen molar-refractivity contribution in [3.8, 4) is 5.75 Å². The molecule has 3 rings (SSSR count). The molecule has 1 amide bonds. The van der Waals surface area contributed by atoms with Gasteiger partial charge in [0.25, 0.3) is 11.5 Å². The van der Waals surface area contributed by atoms with Gasteiger partial charge in [0.15, 0.2) is 5.75 Å². The van der Waals surface area contributed by atoms with Gasteiger partial charge in [-0.2, -0.15) is 0 Å². The number of nitrogens with one attached hydrogen (secondary N) is 1. The molecule has 1 aromatic carbocycles. The number of aromatic nitrogens is 1. The first-order valence-electron chi connectivity index (χ1n) is 6.45. The van der Waals surface area contributed by atoms with Crippen molar-refractivity contribution in [1.29, 1.82) is 0 Å². The summed E-state index contributed by atoms with van der Waals surface area (Å²) in [5.41, 5.74) is -0.846. The largest absolute Gasteiger partial charge is 0.505 e. The van der Waals surface area contributed by atoms with Gasteiger partial charge < -0.3 is 15.0 Å². The Morgan fingerprint density at radius 1 is 1.26 bits per heavy atom. The summed E-state index contributed by atoms with van der Waals surface area (Å²) in [7, 11) is 1.47. The molecule has 0 saturated heterocycles. The van der Waals surface area contributed by atoms with Gasteiger partial charge in [-0.1, -0.05) is 0 Å². The van der Waals surface area contributed by atoms with Gasteiger partial charge in [0.2, 0.25) is 0 Å². The van der Waals surface area contributed by atoms with Gasteiger partial charge in [0, 0.05) is 18.8 Å². The second-order valence-electron chi connectivity index (χ2n) is 4.83. The van der Waals surface area contributed by atoms with E-state index in [1.807, 2.05) is 0 Å². The quantitative estimate of drug-likeness (QED) is 0.756. The molecule has 0 aliphatic rings. The van der Waals surface area contributed by atoms with E-state index in [2.05, 4.69) is 5.32 Å². The van der Waals surface area contributed by atoms with E-state index in [0.29, 0.717) is 16.3 Å². The summed E-state index contributed by atoms with van der Waals surface area (Å²) < 4.78 is 27.9. The Hall–Kier alpha value is -2.74. The number of aromatic hydroxyl groups is 1. The molecule has 0 aliphatic carbocycles. The topological polar surface area (TPSA) is 71.3 Å². The highest BCUT2D eigenvalue weighted by molar-refractivity contribution is 7.17. The van der Waals surface area contributed by atoms with Crippen molar-refractivity contribution in [2.24, 2.45) is 7.05 Å². The van der Waals surface area contributed by atoms with Crippen LogP contribution in [0, 0.1) is 11.6 Å². The minimum atomic E-state index is -0.941. The fourth-order valence-electron chi connectivity index (χ4n) is 2.26. The third-order valence-corrected chi connectivity index (χ3v) is 4.23. The number of fused-ring (bicyclic) bond motifs is 1. The number of carbonyl (C=O) groups is 1. The lowest BCUT2D eigenvalue weighted by Gasteiger charge is -2.10. The molecule has 0 unspecified atom stereocenters. The highest BCUT2D eigenvalue weighted by Crippen LogP contribution is 2.31. The number of benzene rings is 1. The molecule has 8 heteroatoms. The van der Waals surface area contributed by atoms with Gasteiger partial charge in [-0.3, -0.25) is 9.59 Å². The van der Waals surface area contributed by atoms with Gasteiger partial charge >= 0.3 is 0 Å². The lowest BCUT2D eigenvalue weighted by molar-refractivity contribution is 0.102. The molecular weight excluding hydrogens is 326 g/mol. The Kier molecular flexibility index (Phi) is 3.61. The van der Waals surface area contributed by atoms with Gasteiger partial charge in [-0.05, 0) is 23.6 Å². The minimum Gasteiger partial charge on any atom is -0.505 e. The summed E-state index contributed by atoms with van der Waals surface area (Å²) in [6, 6.07) is 4.12. The number of carbonyl (C=O) groups excluding carboxylic acids is 1. The zero-order valence-corrected chi connectivity index (χ0v) is 12.6. The SMILES string of the molecule is Cn1c(=O)c(C(=O)Nc2cc(F)cc(F)c2)c(O)c2sccc21. The predicted molar refractivity (Wildman–Crippen MR) is 83.0 cm³/mol. The zero-order chi connectivity index (χ0) is 16.7. The molecule has 0 radical (unpaired) electrons. The number of nitrogens with zero attached hydrogens (tertiary/aromatic N) is 1. The van der Waals surface area contributed by atoms with Crippen LogP contribution in [-0.4, -0.2) is 15.6 Å². The highest BCUT2D eigenvalue weighted by atomic mass is 32.1. The predicted octanol–water partition coefficient (Wildman–Crippen LogP) is 2.84. The lowest BCUT2D eigenvalue weighted by atomic mass is 10.2. The smallest absolute Gasteiger partial charge is 0.267 e. The van der Waals surface area contributed by atoms with E-state index in [1.54, 1.807) is 11.4 Å². The van der Waals surface area contributed by atoms with E-state index in [0.717, 1.165) is 12.1 Å². The number of amides is 1. The van der Waals surface area contributed by atoms with Crippen molar-refractivity contribution in [2.45, 2.75) is 0 Å². The number of hydrogen-bond acceptors (Lipinski definition) is 4. The molecule has 23 heavy (non-hydrogen) atoms. The highest BCUT2D eigenvalue weighted by Gasteiger charge is 2.22. The van der Waals surface area contributed by atoms with Crippen molar-refractivity contribution < 1.29 is 18.7 Å². The summed E-state index contributed by atoms with van der Waals surface area (Å²) >= 11 is 1.17. The van der Waals surface area contributed by atoms with Crippen LogP contribution in [0.5, 0.6) is 5.75 Å². The second-order valence-corrected chi connectivity index (χ2v) is 5.75. The normalized spacial score (nSPS) is 10.9. The maximum Gasteiger partial charge on any atom is 0.267 e. The standard InChI is InChI=1S/C15H10F2N2O3S/c1-19-10-2-3-23-13(10)12(20)11(15(19)22)14(21)18-9-5-7(16)4-8(17)6-9/h2-6,20H,1H3,(H,18,21). The zero-order valence-electron chi connectivity index (χ0n) is 11.8. The fraction of sp³-hybridized carbons (Fsp3) is 0.0667. The van der Waals surface area contributed by atoms with E-state index >= 15 is 0 Å². The van der Waals surface area contributed by atoms with E-state index in [1.165, 1.54) is 23.0 Å². The van der Waals surface area contributed by atoms with Gasteiger partial charge in [0.1, 0.15) is 17.2 Å². The molecule has 3 aromatic rings. The Bertz CT molecular complexity index is 974. The van der Waals surface area contributed by atoms with Crippen molar-refractivity contribution >= 4 is 33.1 Å². The van der Waals surface area contributed by atoms with Gasteiger partial charge in [0.05, 0.1) is 10.2 Å². The molecule has 2 heterocycles. The van der Waals surface area contributed by atoms with Crippen LogP contribution in [0.15, 0.2) is 34.4 Å². The number of halogens is 2. The Morgan fingerprint density at radius 3 is 2.57 bits per heavy atom. The first-order valence-corrected chi connectivity index (χ1v) is 7.33.